The lowest BCUT2D eigenvalue weighted by molar-refractivity contribution is -0.134. The van der Waals surface area contributed by atoms with Gasteiger partial charge in [-0.1, -0.05) is 60.7 Å². The van der Waals surface area contributed by atoms with Crippen molar-refractivity contribution < 1.29 is 4.79 Å². The maximum Gasteiger partial charge on any atom is 0.236 e. The molecule has 1 amide bonds. The number of nitrogens with zero attached hydrogens (tertiary/aromatic N) is 3. The van der Waals surface area contributed by atoms with Crippen LogP contribution in [0.4, 0.5) is 0 Å². The van der Waals surface area contributed by atoms with Crippen molar-refractivity contribution in [3.8, 4) is 0 Å². The van der Waals surface area contributed by atoms with Crippen molar-refractivity contribution in [1.29, 1.82) is 0 Å². The van der Waals surface area contributed by atoms with Crippen molar-refractivity contribution in [2.75, 3.05) is 45.8 Å². The number of hydrogen-bond acceptors (Lipinski definition) is 3. The maximum absolute atomic E-state index is 12.8. The molecular weight excluding hydrogens is 358 g/mol. The van der Waals surface area contributed by atoms with E-state index in [1.807, 2.05) is 0 Å². The normalized spacial score (nSPS) is 19.4. The van der Waals surface area contributed by atoms with Gasteiger partial charge in [0.25, 0.3) is 0 Å². The number of rotatable bonds is 6. The molecule has 2 aliphatic rings. The standard InChI is InChI=1S/C25H33N3O/c29-25(28-17-15-27(16-18-28)20-24-9-5-2-6-10-24)21-26-13-11-23(12-14-26)19-22-7-3-1-4-8-22/h1-10,23H,11-21H2. The molecule has 2 fully saturated rings. The number of piperazine rings is 1. The molecule has 0 spiro atoms. The van der Waals surface area contributed by atoms with Crippen molar-refractivity contribution in [3.63, 3.8) is 0 Å². The summed E-state index contributed by atoms with van der Waals surface area (Å²) in [4.78, 5) is 19.7. The minimum atomic E-state index is 0.311. The van der Waals surface area contributed by atoms with Crippen LogP contribution in [0.3, 0.4) is 0 Å². The predicted octanol–water partition coefficient (Wildman–Crippen LogP) is 3.29. The second-order valence-corrected chi connectivity index (χ2v) is 8.55. The smallest absolute Gasteiger partial charge is 0.236 e. The van der Waals surface area contributed by atoms with Gasteiger partial charge >= 0.3 is 0 Å². The third-order valence-electron chi connectivity index (χ3n) is 6.41. The molecule has 0 bridgehead atoms. The van der Waals surface area contributed by atoms with Gasteiger partial charge in [-0.15, -0.1) is 0 Å². The minimum Gasteiger partial charge on any atom is -0.339 e. The summed E-state index contributed by atoms with van der Waals surface area (Å²) in [6, 6.07) is 21.4. The van der Waals surface area contributed by atoms with Crippen molar-refractivity contribution in [2.24, 2.45) is 5.92 Å². The molecule has 4 heteroatoms. The minimum absolute atomic E-state index is 0.311. The molecular formula is C25H33N3O. The van der Waals surface area contributed by atoms with Gasteiger partial charge in [-0.05, 0) is 49.4 Å². The van der Waals surface area contributed by atoms with E-state index in [2.05, 4.69) is 75.4 Å². The summed E-state index contributed by atoms with van der Waals surface area (Å²) < 4.78 is 0. The van der Waals surface area contributed by atoms with E-state index >= 15 is 0 Å². The third kappa shape index (κ3) is 5.91. The molecule has 154 valence electrons. The molecule has 2 aromatic rings. The van der Waals surface area contributed by atoms with Gasteiger partial charge in [0, 0.05) is 32.7 Å². The Morgan fingerprint density at radius 3 is 1.93 bits per heavy atom. The van der Waals surface area contributed by atoms with Crippen LogP contribution in [0.2, 0.25) is 0 Å². The lowest BCUT2D eigenvalue weighted by atomic mass is 9.90. The molecule has 2 saturated heterocycles. The number of hydrogen-bond donors (Lipinski definition) is 0. The van der Waals surface area contributed by atoms with Crippen LogP contribution in [0.25, 0.3) is 0 Å². The topological polar surface area (TPSA) is 26.8 Å². The average molecular weight is 392 g/mol. The fraction of sp³-hybridized carbons (Fsp3) is 0.480. The molecule has 0 atom stereocenters. The maximum atomic E-state index is 12.8. The highest BCUT2D eigenvalue weighted by Crippen LogP contribution is 2.21. The number of benzene rings is 2. The van der Waals surface area contributed by atoms with Crippen molar-refractivity contribution in [3.05, 3.63) is 71.8 Å². The predicted molar refractivity (Wildman–Crippen MR) is 118 cm³/mol. The van der Waals surface area contributed by atoms with Crippen molar-refractivity contribution in [2.45, 2.75) is 25.8 Å². The molecule has 0 saturated carbocycles. The molecule has 4 rings (SSSR count). The highest BCUT2D eigenvalue weighted by molar-refractivity contribution is 5.78. The van der Waals surface area contributed by atoms with Crippen molar-refractivity contribution >= 4 is 5.91 Å². The Bertz CT molecular complexity index is 748. The molecule has 0 N–H and O–H groups in total. The Morgan fingerprint density at radius 2 is 1.31 bits per heavy atom. The van der Waals surface area contributed by atoms with Crippen LogP contribution in [0.1, 0.15) is 24.0 Å². The van der Waals surface area contributed by atoms with Gasteiger partial charge in [-0.2, -0.15) is 0 Å². The van der Waals surface area contributed by atoms with Gasteiger partial charge in [0.1, 0.15) is 0 Å². The summed E-state index contributed by atoms with van der Waals surface area (Å²) in [7, 11) is 0. The van der Waals surface area contributed by atoms with Crippen LogP contribution >= 0.6 is 0 Å². The van der Waals surface area contributed by atoms with Crippen LogP contribution in [-0.2, 0) is 17.8 Å². The SMILES string of the molecule is O=C(CN1CCC(Cc2ccccc2)CC1)N1CCN(Cc2ccccc2)CC1. The number of carbonyl (C=O) groups excluding carboxylic acids is 1. The van der Waals surface area contributed by atoms with E-state index in [0.29, 0.717) is 12.5 Å². The lowest BCUT2D eigenvalue weighted by Gasteiger charge is -2.37. The molecule has 0 unspecified atom stereocenters. The Labute approximate surface area is 175 Å². The van der Waals surface area contributed by atoms with E-state index in [4.69, 9.17) is 0 Å². The van der Waals surface area contributed by atoms with Crippen molar-refractivity contribution in [1.82, 2.24) is 14.7 Å². The first-order valence-corrected chi connectivity index (χ1v) is 11.1. The summed E-state index contributed by atoms with van der Waals surface area (Å²) in [5.41, 5.74) is 2.79. The zero-order valence-electron chi connectivity index (χ0n) is 17.4. The van der Waals surface area contributed by atoms with E-state index in [-0.39, 0.29) is 0 Å². The fourth-order valence-corrected chi connectivity index (χ4v) is 4.58. The van der Waals surface area contributed by atoms with Crippen LogP contribution in [0.15, 0.2) is 60.7 Å². The van der Waals surface area contributed by atoms with Gasteiger partial charge in [0.2, 0.25) is 5.91 Å². The zero-order valence-corrected chi connectivity index (χ0v) is 17.4. The van der Waals surface area contributed by atoms with E-state index in [1.54, 1.807) is 0 Å². The van der Waals surface area contributed by atoms with Crippen LogP contribution in [0, 0.1) is 5.92 Å². The number of amides is 1. The van der Waals surface area contributed by atoms with E-state index in [0.717, 1.165) is 51.7 Å². The summed E-state index contributed by atoms with van der Waals surface area (Å²) in [6.45, 7) is 7.34. The average Bonchev–Trinajstić information content (AvgIpc) is 2.77. The third-order valence-corrected chi connectivity index (χ3v) is 6.41. The summed E-state index contributed by atoms with van der Waals surface area (Å²) in [6.07, 6.45) is 3.58. The number of carbonyl (C=O) groups is 1. The summed E-state index contributed by atoms with van der Waals surface area (Å²) in [5, 5.41) is 0. The molecule has 2 aliphatic heterocycles. The summed E-state index contributed by atoms with van der Waals surface area (Å²) in [5.74, 6) is 1.07. The van der Waals surface area contributed by atoms with E-state index < -0.39 is 0 Å². The highest BCUT2D eigenvalue weighted by Gasteiger charge is 2.25. The van der Waals surface area contributed by atoms with Gasteiger partial charge in [0.15, 0.2) is 0 Å². The van der Waals surface area contributed by atoms with Crippen LogP contribution in [-0.4, -0.2) is 66.4 Å². The Kier molecular flexibility index (Phi) is 6.96. The van der Waals surface area contributed by atoms with Gasteiger partial charge in [-0.25, -0.2) is 0 Å². The molecule has 0 aliphatic carbocycles. The first kappa shape index (κ1) is 20.1. The van der Waals surface area contributed by atoms with Gasteiger partial charge in [0.05, 0.1) is 6.54 Å². The van der Waals surface area contributed by atoms with E-state index in [9.17, 15) is 4.79 Å². The first-order chi connectivity index (χ1) is 14.3. The molecule has 4 nitrogen and oxygen atoms in total. The molecule has 29 heavy (non-hydrogen) atoms. The molecule has 2 aromatic carbocycles. The molecule has 0 aromatic heterocycles. The second kappa shape index (κ2) is 10.0. The lowest BCUT2D eigenvalue weighted by Crippen LogP contribution is -2.51. The quantitative estimate of drug-likeness (QED) is 0.756. The Balaban J connectivity index is 1.16. The first-order valence-electron chi connectivity index (χ1n) is 11.1. The fourth-order valence-electron chi connectivity index (χ4n) is 4.58. The highest BCUT2D eigenvalue weighted by atomic mass is 16.2. The van der Waals surface area contributed by atoms with E-state index in [1.165, 1.54) is 30.4 Å². The largest absolute Gasteiger partial charge is 0.339 e. The van der Waals surface area contributed by atoms with Crippen LogP contribution in [0.5, 0.6) is 0 Å². The Hall–Kier alpha value is -2.17. The zero-order chi connectivity index (χ0) is 19.9. The van der Waals surface area contributed by atoms with Gasteiger partial charge < -0.3 is 4.90 Å². The van der Waals surface area contributed by atoms with Gasteiger partial charge in [-0.3, -0.25) is 14.6 Å². The Morgan fingerprint density at radius 1 is 0.724 bits per heavy atom. The summed E-state index contributed by atoms with van der Waals surface area (Å²) >= 11 is 0. The second-order valence-electron chi connectivity index (χ2n) is 8.55. The molecule has 0 radical (unpaired) electrons. The molecule has 2 heterocycles. The number of likely N-dealkylation sites (tertiary alicyclic amines) is 1. The van der Waals surface area contributed by atoms with Crippen LogP contribution < -0.4 is 0 Å². The number of piperidine rings is 1. The monoisotopic (exact) mass is 391 g/mol.